The maximum atomic E-state index is 12.1. The van der Waals surface area contributed by atoms with Crippen molar-refractivity contribution < 1.29 is 14.3 Å². The summed E-state index contributed by atoms with van der Waals surface area (Å²) in [4.78, 5) is 13.8. The summed E-state index contributed by atoms with van der Waals surface area (Å²) in [5.74, 6) is 0.366. The van der Waals surface area contributed by atoms with Gasteiger partial charge < -0.3 is 14.4 Å². The molecule has 0 aromatic rings. The van der Waals surface area contributed by atoms with Crippen LogP contribution in [0.2, 0.25) is 0 Å². The Labute approximate surface area is 127 Å². The monoisotopic (exact) mass is 294 g/mol. The van der Waals surface area contributed by atoms with Gasteiger partial charge in [-0.15, -0.1) is 0 Å². The van der Waals surface area contributed by atoms with Gasteiger partial charge in [0, 0.05) is 26.3 Å². The smallest absolute Gasteiger partial charge is 0.410 e. The second kappa shape index (κ2) is 6.23. The SMILES string of the molecule is CC(C)(C)OC(=O)N1CCC(C2(C#N)CCOCC2)CC1. The quantitative estimate of drug-likeness (QED) is 0.746. The second-order valence-electron chi connectivity index (χ2n) is 7.12. The Morgan fingerprint density at radius 1 is 1.29 bits per heavy atom. The molecule has 5 heteroatoms. The number of nitriles is 1. The van der Waals surface area contributed by atoms with Gasteiger partial charge in [-0.25, -0.2) is 4.79 Å². The van der Waals surface area contributed by atoms with E-state index < -0.39 is 5.60 Å². The minimum absolute atomic E-state index is 0.237. The third-order valence-corrected chi connectivity index (χ3v) is 4.54. The molecule has 0 N–H and O–H groups in total. The molecule has 2 aliphatic rings. The van der Waals surface area contributed by atoms with Crippen LogP contribution in [0, 0.1) is 22.7 Å². The molecular weight excluding hydrogens is 268 g/mol. The van der Waals surface area contributed by atoms with Crippen LogP contribution in [0.1, 0.15) is 46.5 Å². The van der Waals surface area contributed by atoms with E-state index in [-0.39, 0.29) is 11.5 Å². The van der Waals surface area contributed by atoms with Crippen LogP contribution in [0.15, 0.2) is 0 Å². The first-order valence-electron chi connectivity index (χ1n) is 7.83. The molecule has 0 unspecified atom stereocenters. The summed E-state index contributed by atoms with van der Waals surface area (Å²) in [6.45, 7) is 8.37. The third-order valence-electron chi connectivity index (χ3n) is 4.54. The number of carbonyl (C=O) groups excluding carboxylic acids is 1. The fourth-order valence-electron chi connectivity index (χ4n) is 3.29. The average Bonchev–Trinajstić information content (AvgIpc) is 2.46. The standard InChI is InChI=1S/C16H26N2O3/c1-15(2,3)21-14(19)18-8-4-13(5-9-18)16(12-17)6-10-20-11-7-16/h13H,4-11H2,1-3H3. The van der Waals surface area contributed by atoms with Crippen molar-refractivity contribution in [3.63, 3.8) is 0 Å². The summed E-state index contributed by atoms with van der Waals surface area (Å²) in [6, 6.07) is 2.55. The summed E-state index contributed by atoms with van der Waals surface area (Å²) in [6.07, 6.45) is 3.17. The van der Waals surface area contributed by atoms with E-state index in [4.69, 9.17) is 9.47 Å². The van der Waals surface area contributed by atoms with Crippen molar-refractivity contribution in [2.45, 2.75) is 52.1 Å². The maximum Gasteiger partial charge on any atom is 0.410 e. The molecule has 1 amide bonds. The molecule has 0 aliphatic carbocycles. The Morgan fingerprint density at radius 2 is 1.86 bits per heavy atom. The van der Waals surface area contributed by atoms with Crippen LogP contribution in [0.25, 0.3) is 0 Å². The maximum absolute atomic E-state index is 12.1. The number of ether oxygens (including phenoxy) is 2. The Hall–Kier alpha value is -1.28. The highest BCUT2D eigenvalue weighted by Crippen LogP contribution is 2.42. The number of rotatable bonds is 1. The summed E-state index contributed by atoms with van der Waals surface area (Å²) in [7, 11) is 0. The van der Waals surface area contributed by atoms with E-state index in [9.17, 15) is 10.1 Å². The number of nitrogens with zero attached hydrogens (tertiary/aromatic N) is 2. The van der Waals surface area contributed by atoms with E-state index in [0.717, 1.165) is 25.7 Å². The summed E-state index contributed by atoms with van der Waals surface area (Å²) in [5, 5.41) is 9.61. The zero-order valence-corrected chi connectivity index (χ0v) is 13.4. The fourth-order valence-corrected chi connectivity index (χ4v) is 3.29. The molecule has 2 saturated heterocycles. The molecule has 118 valence electrons. The molecule has 2 rings (SSSR count). The Bertz CT molecular complexity index is 408. The van der Waals surface area contributed by atoms with Crippen molar-refractivity contribution in [2.24, 2.45) is 11.3 Å². The van der Waals surface area contributed by atoms with Crippen molar-refractivity contribution in [3.05, 3.63) is 0 Å². The summed E-state index contributed by atoms with van der Waals surface area (Å²) >= 11 is 0. The number of likely N-dealkylation sites (tertiary alicyclic amines) is 1. The zero-order chi connectivity index (χ0) is 15.5. The Kier molecular flexibility index (Phi) is 4.77. The van der Waals surface area contributed by atoms with Gasteiger partial charge in [-0.3, -0.25) is 0 Å². The molecule has 0 radical (unpaired) electrons. The molecule has 21 heavy (non-hydrogen) atoms. The molecule has 0 bridgehead atoms. The Balaban J connectivity index is 1.91. The molecule has 2 fully saturated rings. The minimum Gasteiger partial charge on any atom is -0.444 e. The molecule has 2 aliphatic heterocycles. The first-order chi connectivity index (χ1) is 9.86. The topological polar surface area (TPSA) is 62.6 Å². The number of piperidine rings is 1. The number of carbonyl (C=O) groups is 1. The molecule has 0 aromatic carbocycles. The highest BCUT2D eigenvalue weighted by molar-refractivity contribution is 5.68. The molecule has 0 spiro atoms. The molecule has 2 heterocycles. The van der Waals surface area contributed by atoms with Crippen molar-refractivity contribution >= 4 is 6.09 Å². The average molecular weight is 294 g/mol. The molecule has 0 saturated carbocycles. The molecule has 5 nitrogen and oxygen atoms in total. The lowest BCUT2D eigenvalue weighted by Crippen LogP contribution is -2.46. The number of amides is 1. The van der Waals surface area contributed by atoms with E-state index >= 15 is 0 Å². The number of hydrogen-bond acceptors (Lipinski definition) is 4. The van der Waals surface area contributed by atoms with Gasteiger partial charge in [0.1, 0.15) is 5.60 Å². The normalized spacial score (nSPS) is 23.4. The van der Waals surface area contributed by atoms with Gasteiger partial charge in [-0.05, 0) is 52.4 Å². The van der Waals surface area contributed by atoms with E-state index in [1.165, 1.54) is 0 Å². The minimum atomic E-state index is -0.456. The molecule has 0 aromatic heterocycles. The van der Waals surface area contributed by atoms with Crippen molar-refractivity contribution in [3.8, 4) is 6.07 Å². The highest BCUT2D eigenvalue weighted by atomic mass is 16.6. The zero-order valence-electron chi connectivity index (χ0n) is 13.4. The van der Waals surface area contributed by atoms with Gasteiger partial charge in [-0.2, -0.15) is 5.26 Å². The fraction of sp³-hybridized carbons (Fsp3) is 0.875. The third kappa shape index (κ3) is 3.88. The van der Waals surface area contributed by atoms with Gasteiger partial charge in [0.2, 0.25) is 0 Å². The van der Waals surface area contributed by atoms with Crippen LogP contribution < -0.4 is 0 Å². The van der Waals surface area contributed by atoms with Crippen LogP contribution in [0.5, 0.6) is 0 Å². The van der Waals surface area contributed by atoms with Gasteiger partial charge in [0.25, 0.3) is 0 Å². The molecular formula is C16H26N2O3. The lowest BCUT2D eigenvalue weighted by atomic mass is 9.67. The van der Waals surface area contributed by atoms with E-state index in [2.05, 4.69) is 6.07 Å². The van der Waals surface area contributed by atoms with E-state index in [1.807, 2.05) is 20.8 Å². The van der Waals surface area contributed by atoms with Crippen molar-refractivity contribution in [2.75, 3.05) is 26.3 Å². The first kappa shape index (κ1) is 16.1. The Morgan fingerprint density at radius 3 is 2.33 bits per heavy atom. The molecule has 0 atom stereocenters. The lowest BCUT2D eigenvalue weighted by Gasteiger charge is -2.42. The highest BCUT2D eigenvalue weighted by Gasteiger charge is 2.42. The summed E-state index contributed by atoms with van der Waals surface area (Å²) < 4.78 is 10.8. The van der Waals surface area contributed by atoms with E-state index in [1.54, 1.807) is 4.90 Å². The summed E-state index contributed by atoms with van der Waals surface area (Å²) in [5.41, 5.74) is -0.708. The number of hydrogen-bond donors (Lipinski definition) is 0. The largest absolute Gasteiger partial charge is 0.444 e. The van der Waals surface area contributed by atoms with Crippen LogP contribution in [0.4, 0.5) is 4.79 Å². The van der Waals surface area contributed by atoms with E-state index in [0.29, 0.717) is 32.2 Å². The van der Waals surface area contributed by atoms with Crippen LogP contribution in [0.3, 0.4) is 0 Å². The van der Waals surface area contributed by atoms with Gasteiger partial charge in [0.05, 0.1) is 11.5 Å². The predicted octanol–water partition coefficient (Wildman–Crippen LogP) is 2.95. The van der Waals surface area contributed by atoms with Gasteiger partial charge in [0.15, 0.2) is 0 Å². The van der Waals surface area contributed by atoms with Gasteiger partial charge >= 0.3 is 6.09 Å². The lowest BCUT2D eigenvalue weighted by molar-refractivity contribution is -0.0139. The van der Waals surface area contributed by atoms with Gasteiger partial charge in [-0.1, -0.05) is 0 Å². The first-order valence-corrected chi connectivity index (χ1v) is 7.83. The van der Waals surface area contributed by atoms with Crippen LogP contribution in [-0.2, 0) is 9.47 Å². The second-order valence-corrected chi connectivity index (χ2v) is 7.12. The predicted molar refractivity (Wildman–Crippen MR) is 78.6 cm³/mol. The van der Waals surface area contributed by atoms with Crippen LogP contribution >= 0.6 is 0 Å². The van der Waals surface area contributed by atoms with Crippen molar-refractivity contribution in [1.29, 1.82) is 5.26 Å². The van der Waals surface area contributed by atoms with Crippen LogP contribution in [-0.4, -0.2) is 42.9 Å². The van der Waals surface area contributed by atoms with Crippen molar-refractivity contribution in [1.82, 2.24) is 4.90 Å².